The van der Waals surface area contributed by atoms with Crippen molar-refractivity contribution >= 4 is 15.9 Å². The summed E-state index contributed by atoms with van der Waals surface area (Å²) in [6.07, 6.45) is 7.65. The molecule has 2 aliphatic rings. The summed E-state index contributed by atoms with van der Waals surface area (Å²) in [5.74, 6) is 1.88. The van der Waals surface area contributed by atoms with E-state index in [1.807, 2.05) is 0 Å². The minimum Gasteiger partial charge on any atom is -0.377 e. The van der Waals surface area contributed by atoms with Gasteiger partial charge in [-0.15, -0.1) is 0 Å². The van der Waals surface area contributed by atoms with Crippen LogP contribution in [0.5, 0.6) is 0 Å². The van der Waals surface area contributed by atoms with Crippen molar-refractivity contribution in [1.82, 2.24) is 0 Å². The van der Waals surface area contributed by atoms with Gasteiger partial charge in [-0.1, -0.05) is 41.6 Å². The van der Waals surface area contributed by atoms with Gasteiger partial charge in [0.25, 0.3) is 0 Å². The van der Waals surface area contributed by atoms with Crippen LogP contribution >= 0.6 is 15.9 Å². The Morgan fingerprint density at radius 2 is 1.92 bits per heavy atom. The topological polar surface area (TPSA) is 9.23 Å². The van der Waals surface area contributed by atoms with Crippen LogP contribution in [0.3, 0.4) is 0 Å². The molecule has 0 N–H and O–H groups in total. The number of hydrogen-bond donors (Lipinski definition) is 0. The highest BCUT2D eigenvalue weighted by molar-refractivity contribution is 9.09. The fourth-order valence-electron chi connectivity index (χ4n) is 2.60. The predicted octanol–water partition coefficient (Wildman–Crippen LogP) is 2.98. The lowest BCUT2D eigenvalue weighted by Gasteiger charge is -2.15. The van der Waals surface area contributed by atoms with Crippen molar-refractivity contribution in [1.29, 1.82) is 0 Å². The first-order valence-corrected chi connectivity index (χ1v) is 6.20. The maximum atomic E-state index is 5.68. The van der Waals surface area contributed by atoms with Gasteiger partial charge in [-0.05, 0) is 18.3 Å². The van der Waals surface area contributed by atoms with E-state index in [-0.39, 0.29) is 0 Å². The van der Waals surface area contributed by atoms with Gasteiger partial charge in [0.15, 0.2) is 0 Å². The maximum Gasteiger partial charge on any atom is 0.0675 e. The third-order valence-corrected chi connectivity index (χ3v) is 4.07. The molecule has 2 fully saturated rings. The van der Waals surface area contributed by atoms with Crippen molar-refractivity contribution < 1.29 is 4.74 Å². The molecule has 0 bridgehead atoms. The third kappa shape index (κ3) is 1.85. The molecule has 1 saturated carbocycles. The van der Waals surface area contributed by atoms with E-state index in [1.54, 1.807) is 0 Å². The lowest BCUT2D eigenvalue weighted by molar-refractivity contribution is 0.119. The molecule has 1 saturated heterocycles. The fraction of sp³-hybridized carbons (Fsp3) is 1.00. The van der Waals surface area contributed by atoms with Crippen LogP contribution in [0.2, 0.25) is 0 Å². The van der Waals surface area contributed by atoms with Crippen LogP contribution in [0.25, 0.3) is 0 Å². The summed E-state index contributed by atoms with van der Waals surface area (Å²) < 4.78 is 5.68. The zero-order valence-corrected chi connectivity index (χ0v) is 9.05. The molecule has 1 heterocycles. The lowest BCUT2D eigenvalue weighted by Crippen LogP contribution is -2.11. The second kappa shape index (κ2) is 4.10. The zero-order valence-electron chi connectivity index (χ0n) is 7.47. The summed E-state index contributed by atoms with van der Waals surface area (Å²) >= 11 is 3.49. The Hall–Kier alpha value is 0.440. The Morgan fingerprint density at radius 1 is 1.17 bits per heavy atom. The Labute approximate surface area is 83.0 Å². The summed E-state index contributed by atoms with van der Waals surface area (Å²) in [7, 11) is 0. The van der Waals surface area contributed by atoms with Crippen LogP contribution < -0.4 is 0 Å². The molecule has 2 heteroatoms. The number of alkyl halides is 1. The Balaban J connectivity index is 1.81. The van der Waals surface area contributed by atoms with Gasteiger partial charge in [0, 0.05) is 5.33 Å². The molecule has 0 spiro atoms. The highest BCUT2D eigenvalue weighted by Gasteiger charge is 2.32. The van der Waals surface area contributed by atoms with E-state index in [9.17, 15) is 0 Å². The second-order valence-electron chi connectivity index (χ2n) is 4.15. The molecule has 12 heavy (non-hydrogen) atoms. The summed E-state index contributed by atoms with van der Waals surface area (Å²) in [4.78, 5) is 0. The third-order valence-electron chi connectivity index (χ3n) is 3.35. The van der Waals surface area contributed by atoms with Gasteiger partial charge in [0.2, 0.25) is 0 Å². The quantitative estimate of drug-likeness (QED) is 0.666. The first kappa shape index (κ1) is 9.01. The fourth-order valence-corrected chi connectivity index (χ4v) is 3.05. The molecule has 0 aromatic rings. The molecular formula is C10H17BrO. The van der Waals surface area contributed by atoms with Crippen molar-refractivity contribution in [3.63, 3.8) is 0 Å². The van der Waals surface area contributed by atoms with E-state index in [1.165, 1.54) is 32.1 Å². The summed E-state index contributed by atoms with van der Waals surface area (Å²) in [6, 6.07) is 0. The molecule has 1 aliphatic carbocycles. The average Bonchev–Trinajstić information content (AvgIpc) is 2.75. The Morgan fingerprint density at radius 3 is 2.50 bits per heavy atom. The van der Waals surface area contributed by atoms with Gasteiger partial charge in [-0.25, -0.2) is 0 Å². The summed E-state index contributed by atoms with van der Waals surface area (Å²) in [5.41, 5.74) is 0. The van der Waals surface area contributed by atoms with Crippen molar-refractivity contribution in [2.75, 3.05) is 11.9 Å². The van der Waals surface area contributed by atoms with Crippen LogP contribution in [-0.4, -0.2) is 18.0 Å². The number of ether oxygens (including phenoxy) is 1. The molecule has 0 aromatic heterocycles. The van der Waals surface area contributed by atoms with Gasteiger partial charge in [0.05, 0.1) is 12.7 Å². The van der Waals surface area contributed by atoms with Crippen LogP contribution in [0.1, 0.15) is 32.1 Å². The van der Waals surface area contributed by atoms with Gasteiger partial charge < -0.3 is 4.74 Å². The lowest BCUT2D eigenvalue weighted by atomic mass is 9.89. The monoisotopic (exact) mass is 232 g/mol. The van der Waals surface area contributed by atoms with Crippen molar-refractivity contribution in [2.45, 2.75) is 38.2 Å². The van der Waals surface area contributed by atoms with E-state index >= 15 is 0 Å². The smallest absolute Gasteiger partial charge is 0.0675 e. The number of rotatable bonds is 2. The molecular weight excluding hydrogens is 216 g/mol. The van der Waals surface area contributed by atoms with Crippen molar-refractivity contribution in [3.8, 4) is 0 Å². The van der Waals surface area contributed by atoms with Gasteiger partial charge >= 0.3 is 0 Å². The van der Waals surface area contributed by atoms with E-state index < -0.39 is 0 Å². The molecule has 2 atom stereocenters. The normalized spacial score (nSPS) is 37.8. The molecule has 0 aromatic carbocycles. The van der Waals surface area contributed by atoms with Gasteiger partial charge in [-0.3, -0.25) is 0 Å². The molecule has 70 valence electrons. The summed E-state index contributed by atoms with van der Waals surface area (Å²) in [6.45, 7) is 1.03. The molecule has 0 amide bonds. The molecule has 0 radical (unpaired) electrons. The van der Waals surface area contributed by atoms with Crippen LogP contribution in [0.15, 0.2) is 0 Å². The van der Waals surface area contributed by atoms with E-state index in [0.29, 0.717) is 6.10 Å². The highest BCUT2D eigenvalue weighted by Crippen LogP contribution is 2.37. The van der Waals surface area contributed by atoms with Crippen LogP contribution in [0, 0.1) is 11.8 Å². The van der Waals surface area contributed by atoms with Gasteiger partial charge in [-0.2, -0.15) is 0 Å². The van der Waals surface area contributed by atoms with E-state index in [4.69, 9.17) is 4.74 Å². The average molecular weight is 233 g/mol. The first-order chi connectivity index (χ1) is 5.90. The van der Waals surface area contributed by atoms with Crippen LogP contribution in [-0.2, 0) is 4.74 Å². The second-order valence-corrected chi connectivity index (χ2v) is 4.80. The van der Waals surface area contributed by atoms with Crippen LogP contribution in [0.4, 0.5) is 0 Å². The molecule has 1 aliphatic heterocycles. The molecule has 2 unspecified atom stereocenters. The largest absolute Gasteiger partial charge is 0.377 e. The maximum absolute atomic E-state index is 5.68. The first-order valence-electron chi connectivity index (χ1n) is 5.07. The molecule has 1 nitrogen and oxygen atoms in total. The Kier molecular flexibility index (Phi) is 3.08. The summed E-state index contributed by atoms with van der Waals surface area (Å²) in [5, 5.41) is 1.02. The number of hydrogen-bond acceptors (Lipinski definition) is 1. The van der Waals surface area contributed by atoms with Gasteiger partial charge in [0.1, 0.15) is 0 Å². The minimum absolute atomic E-state index is 0.510. The zero-order chi connectivity index (χ0) is 8.39. The Bertz CT molecular complexity index is 143. The highest BCUT2D eigenvalue weighted by atomic mass is 79.9. The molecule has 2 rings (SSSR count). The minimum atomic E-state index is 0.510. The van der Waals surface area contributed by atoms with E-state index in [0.717, 1.165) is 23.8 Å². The van der Waals surface area contributed by atoms with Crippen molar-refractivity contribution in [2.24, 2.45) is 11.8 Å². The van der Waals surface area contributed by atoms with Crippen molar-refractivity contribution in [3.05, 3.63) is 0 Å². The standard InChI is InChI=1S/C10H17BrO/c11-6-10-5-9(7-12-10)8-3-1-2-4-8/h8-10H,1-7H2. The van der Waals surface area contributed by atoms with E-state index in [2.05, 4.69) is 15.9 Å². The SMILES string of the molecule is BrCC1CC(C2CCCC2)CO1. The number of halogens is 1. The predicted molar refractivity (Wildman–Crippen MR) is 53.6 cm³/mol.